The van der Waals surface area contributed by atoms with Crippen molar-refractivity contribution in [3.8, 4) is 0 Å². The second-order valence-electron chi connectivity index (χ2n) is 4.80. The van der Waals surface area contributed by atoms with Gasteiger partial charge < -0.3 is 0 Å². The maximum Gasteiger partial charge on any atom is 0.0478 e. The molecule has 5 atom stereocenters. The van der Waals surface area contributed by atoms with E-state index in [9.17, 15) is 0 Å². The first kappa shape index (κ1) is 7.94. The second-order valence-corrected chi connectivity index (χ2v) is 6.11. The maximum atomic E-state index is 6.60. The molecule has 0 saturated heterocycles. The molecule has 68 valence electrons. The highest BCUT2D eigenvalue weighted by atomic mass is 35.5. The lowest BCUT2D eigenvalue weighted by molar-refractivity contribution is 0.247. The maximum absolute atomic E-state index is 6.60. The van der Waals surface area contributed by atoms with Gasteiger partial charge in [-0.3, -0.25) is 0 Å². The summed E-state index contributed by atoms with van der Waals surface area (Å²) in [5.74, 6) is 2.46. The van der Waals surface area contributed by atoms with E-state index in [2.05, 4.69) is 0 Å². The van der Waals surface area contributed by atoms with Crippen molar-refractivity contribution in [3.05, 3.63) is 0 Å². The number of hydrogen-bond acceptors (Lipinski definition) is 0. The van der Waals surface area contributed by atoms with Crippen molar-refractivity contribution in [2.75, 3.05) is 0 Å². The van der Waals surface area contributed by atoms with Gasteiger partial charge in [-0.1, -0.05) is 0 Å². The van der Waals surface area contributed by atoms with Gasteiger partial charge in [-0.05, 0) is 49.9 Å². The minimum Gasteiger partial charge on any atom is -0.123 e. The first-order valence-electron chi connectivity index (χ1n) is 5.04. The number of alkyl halides is 2. The van der Waals surface area contributed by atoms with Crippen LogP contribution < -0.4 is 0 Å². The molecule has 0 aromatic rings. The Kier molecular flexibility index (Phi) is 1.54. The van der Waals surface area contributed by atoms with Gasteiger partial charge in [0, 0.05) is 10.3 Å². The predicted octanol–water partition coefficient (Wildman–Crippen LogP) is 3.41. The summed E-state index contributed by atoms with van der Waals surface area (Å²) in [6.45, 7) is 0. The van der Waals surface area contributed by atoms with E-state index in [0.717, 1.165) is 17.8 Å². The Balaban J connectivity index is 2.00. The molecular formula is C10H14Cl2. The molecule has 12 heavy (non-hydrogen) atoms. The Labute approximate surface area is 83.6 Å². The summed E-state index contributed by atoms with van der Waals surface area (Å²) >= 11 is 12.9. The lowest BCUT2D eigenvalue weighted by Crippen LogP contribution is -2.32. The molecule has 0 nitrogen and oxygen atoms in total. The Morgan fingerprint density at radius 1 is 1.08 bits per heavy atom. The van der Waals surface area contributed by atoms with E-state index in [-0.39, 0.29) is 4.87 Å². The van der Waals surface area contributed by atoms with Gasteiger partial charge in [-0.15, -0.1) is 23.2 Å². The van der Waals surface area contributed by atoms with Crippen LogP contribution in [0.1, 0.15) is 32.1 Å². The lowest BCUT2D eigenvalue weighted by atomic mass is 9.78. The average Bonchev–Trinajstić information content (AvgIpc) is 2.37. The van der Waals surface area contributed by atoms with Crippen LogP contribution in [0.5, 0.6) is 0 Å². The van der Waals surface area contributed by atoms with Crippen LogP contribution >= 0.6 is 23.2 Å². The minimum absolute atomic E-state index is 0.171. The van der Waals surface area contributed by atoms with Crippen LogP contribution in [0.15, 0.2) is 0 Å². The van der Waals surface area contributed by atoms with Crippen molar-refractivity contribution in [2.45, 2.75) is 42.4 Å². The summed E-state index contributed by atoms with van der Waals surface area (Å²) in [7, 11) is 0. The third-order valence-electron chi connectivity index (χ3n) is 4.46. The van der Waals surface area contributed by atoms with Crippen molar-refractivity contribution in [3.63, 3.8) is 0 Å². The molecule has 3 fully saturated rings. The second kappa shape index (κ2) is 2.33. The quantitative estimate of drug-likeness (QED) is 0.531. The van der Waals surface area contributed by atoms with E-state index in [1.165, 1.54) is 32.1 Å². The number of hydrogen-bond donors (Lipinski definition) is 0. The zero-order chi connectivity index (χ0) is 8.34. The topological polar surface area (TPSA) is 0 Å². The fourth-order valence-electron chi connectivity index (χ4n) is 3.87. The first-order valence-corrected chi connectivity index (χ1v) is 5.85. The SMILES string of the molecule is ClC1CC2C3CCC2(Cl)CCC13. The molecule has 0 N–H and O–H groups in total. The highest BCUT2D eigenvalue weighted by Crippen LogP contribution is 2.63. The van der Waals surface area contributed by atoms with E-state index >= 15 is 0 Å². The van der Waals surface area contributed by atoms with Crippen molar-refractivity contribution >= 4 is 23.2 Å². The van der Waals surface area contributed by atoms with Gasteiger partial charge in [0.2, 0.25) is 0 Å². The number of halogens is 2. The van der Waals surface area contributed by atoms with Gasteiger partial charge in [0.15, 0.2) is 0 Å². The number of rotatable bonds is 0. The lowest BCUT2D eigenvalue weighted by Gasteiger charge is -2.33. The Hall–Kier alpha value is 0.580. The van der Waals surface area contributed by atoms with Crippen LogP contribution in [-0.2, 0) is 0 Å². The third kappa shape index (κ3) is 0.812. The summed E-state index contributed by atoms with van der Waals surface area (Å²) in [6, 6.07) is 0. The molecule has 0 heterocycles. The van der Waals surface area contributed by atoms with Gasteiger partial charge >= 0.3 is 0 Å². The van der Waals surface area contributed by atoms with Crippen LogP contribution in [0, 0.1) is 17.8 Å². The molecule has 0 aliphatic heterocycles. The normalized spacial score (nSPS) is 62.5. The smallest absolute Gasteiger partial charge is 0.0478 e. The van der Waals surface area contributed by atoms with Crippen LogP contribution in [-0.4, -0.2) is 10.3 Å². The van der Waals surface area contributed by atoms with Crippen LogP contribution in [0.3, 0.4) is 0 Å². The molecule has 0 aromatic heterocycles. The first-order chi connectivity index (χ1) is 5.71. The molecule has 0 spiro atoms. The van der Waals surface area contributed by atoms with Crippen LogP contribution in [0.4, 0.5) is 0 Å². The van der Waals surface area contributed by atoms with E-state index in [1.807, 2.05) is 0 Å². The standard InChI is InChI=1S/C10H14Cl2/c11-9-5-8-6-1-3-10(8,12)4-2-7(6)9/h6-9H,1-5H2. The minimum atomic E-state index is 0.171. The summed E-state index contributed by atoms with van der Waals surface area (Å²) in [5, 5.41) is 0.445. The molecule has 3 rings (SSSR count). The molecular weight excluding hydrogens is 191 g/mol. The van der Waals surface area contributed by atoms with Crippen LogP contribution in [0.25, 0.3) is 0 Å². The zero-order valence-electron chi connectivity index (χ0n) is 7.10. The zero-order valence-corrected chi connectivity index (χ0v) is 8.61. The summed E-state index contributed by atoms with van der Waals surface area (Å²) < 4.78 is 0. The molecule has 4 bridgehead atoms. The van der Waals surface area contributed by atoms with Crippen molar-refractivity contribution in [1.82, 2.24) is 0 Å². The molecule has 3 saturated carbocycles. The van der Waals surface area contributed by atoms with E-state index in [1.54, 1.807) is 0 Å². The highest BCUT2D eigenvalue weighted by Gasteiger charge is 2.58. The van der Waals surface area contributed by atoms with E-state index in [0.29, 0.717) is 5.38 Å². The van der Waals surface area contributed by atoms with Gasteiger partial charge in [-0.25, -0.2) is 0 Å². The van der Waals surface area contributed by atoms with E-state index < -0.39 is 0 Å². The molecule has 3 aliphatic rings. The molecule has 0 amide bonds. The third-order valence-corrected chi connectivity index (χ3v) is 5.62. The fraction of sp³-hybridized carbons (Fsp3) is 1.00. The average molecular weight is 205 g/mol. The van der Waals surface area contributed by atoms with Crippen molar-refractivity contribution in [2.24, 2.45) is 17.8 Å². The Bertz CT molecular complexity index is 216. The van der Waals surface area contributed by atoms with Gasteiger partial charge in [0.1, 0.15) is 0 Å². The van der Waals surface area contributed by atoms with Gasteiger partial charge in [0.05, 0.1) is 0 Å². The summed E-state index contributed by atoms with van der Waals surface area (Å²) in [5.41, 5.74) is 0. The largest absolute Gasteiger partial charge is 0.123 e. The molecule has 0 aromatic carbocycles. The van der Waals surface area contributed by atoms with Crippen LogP contribution in [0.2, 0.25) is 0 Å². The Morgan fingerprint density at radius 2 is 1.75 bits per heavy atom. The molecule has 2 heteroatoms. The Morgan fingerprint density at radius 3 is 2.42 bits per heavy atom. The predicted molar refractivity (Wildman–Crippen MR) is 51.8 cm³/mol. The molecule has 0 radical (unpaired) electrons. The van der Waals surface area contributed by atoms with Crippen molar-refractivity contribution < 1.29 is 0 Å². The van der Waals surface area contributed by atoms with Gasteiger partial charge in [-0.2, -0.15) is 0 Å². The molecule has 5 unspecified atom stereocenters. The van der Waals surface area contributed by atoms with E-state index in [4.69, 9.17) is 23.2 Å². The summed E-state index contributed by atoms with van der Waals surface area (Å²) in [4.78, 5) is 0.171. The fourth-order valence-corrected chi connectivity index (χ4v) is 4.85. The summed E-state index contributed by atoms with van der Waals surface area (Å²) in [6.07, 6.45) is 6.31. The monoisotopic (exact) mass is 204 g/mol. The highest BCUT2D eigenvalue weighted by molar-refractivity contribution is 6.25. The molecule has 3 aliphatic carbocycles. The van der Waals surface area contributed by atoms with Crippen molar-refractivity contribution in [1.29, 1.82) is 0 Å². The van der Waals surface area contributed by atoms with Gasteiger partial charge in [0.25, 0.3) is 0 Å².